The van der Waals surface area contributed by atoms with Crippen LogP contribution >= 0.6 is 15.9 Å². The Morgan fingerprint density at radius 2 is 1.89 bits per heavy atom. The van der Waals surface area contributed by atoms with Crippen LogP contribution in [0.25, 0.3) is 0 Å². The van der Waals surface area contributed by atoms with Crippen LogP contribution in [0.2, 0.25) is 0 Å². The molecule has 1 N–H and O–H groups in total. The van der Waals surface area contributed by atoms with Crippen molar-refractivity contribution < 1.29 is 8.42 Å². The molecule has 0 aliphatic heterocycles. The van der Waals surface area contributed by atoms with Crippen molar-refractivity contribution in [2.45, 2.75) is 44.0 Å². The number of sulfonamides is 1. The van der Waals surface area contributed by atoms with Gasteiger partial charge in [0.25, 0.3) is 0 Å². The van der Waals surface area contributed by atoms with E-state index in [0.29, 0.717) is 4.90 Å². The smallest absolute Gasteiger partial charge is 0.208 e. The second-order valence-electron chi connectivity index (χ2n) is 5.51. The third kappa shape index (κ3) is 2.95. The van der Waals surface area contributed by atoms with E-state index in [0.717, 1.165) is 23.7 Å². The van der Waals surface area contributed by atoms with Crippen LogP contribution in [0, 0.1) is 5.41 Å². The van der Waals surface area contributed by atoms with Crippen LogP contribution in [0.15, 0.2) is 33.6 Å². The maximum absolute atomic E-state index is 12.3. The Kier molecular flexibility index (Phi) is 3.85. The van der Waals surface area contributed by atoms with Crippen LogP contribution in [0.5, 0.6) is 0 Å². The van der Waals surface area contributed by atoms with Crippen molar-refractivity contribution in [2.75, 3.05) is 0 Å². The maximum Gasteiger partial charge on any atom is 0.240 e. The van der Waals surface area contributed by atoms with E-state index in [2.05, 4.69) is 34.5 Å². The lowest BCUT2D eigenvalue weighted by Crippen LogP contribution is -2.41. The van der Waals surface area contributed by atoms with Gasteiger partial charge in [0.2, 0.25) is 10.0 Å². The monoisotopic (exact) mass is 331 g/mol. The fraction of sp³-hybridized carbons (Fsp3) is 0.538. The molecule has 2 rings (SSSR count). The summed E-state index contributed by atoms with van der Waals surface area (Å²) in [6.07, 6.45) is 3.07. The second-order valence-corrected chi connectivity index (χ2v) is 8.14. The summed E-state index contributed by atoms with van der Waals surface area (Å²) >= 11 is 3.30. The summed E-state index contributed by atoms with van der Waals surface area (Å²) in [5.41, 5.74) is 0.0441. The molecule has 5 heteroatoms. The van der Waals surface area contributed by atoms with E-state index in [1.54, 1.807) is 24.3 Å². The summed E-state index contributed by atoms with van der Waals surface area (Å²) in [6.45, 7) is 4.24. The first-order chi connectivity index (χ1) is 8.31. The molecule has 1 saturated carbocycles. The van der Waals surface area contributed by atoms with Crippen molar-refractivity contribution in [3.63, 3.8) is 0 Å². The van der Waals surface area contributed by atoms with Crippen molar-refractivity contribution in [1.82, 2.24) is 4.72 Å². The fourth-order valence-corrected chi connectivity index (χ4v) is 4.12. The maximum atomic E-state index is 12.3. The highest BCUT2D eigenvalue weighted by Crippen LogP contribution is 2.37. The third-order valence-electron chi connectivity index (χ3n) is 3.68. The molecule has 1 fully saturated rings. The number of nitrogens with one attached hydrogen (secondary N) is 1. The van der Waals surface area contributed by atoms with Crippen molar-refractivity contribution in [2.24, 2.45) is 5.41 Å². The Morgan fingerprint density at radius 3 is 2.39 bits per heavy atom. The molecule has 1 aliphatic rings. The van der Waals surface area contributed by atoms with Crippen molar-refractivity contribution in [1.29, 1.82) is 0 Å². The van der Waals surface area contributed by atoms with Gasteiger partial charge in [-0.2, -0.15) is 0 Å². The summed E-state index contributed by atoms with van der Waals surface area (Å²) in [5, 5.41) is 0. The molecular weight excluding hydrogens is 314 g/mol. The third-order valence-corrected chi connectivity index (χ3v) is 5.69. The van der Waals surface area contributed by atoms with E-state index in [-0.39, 0.29) is 11.5 Å². The van der Waals surface area contributed by atoms with Crippen LogP contribution in [0.4, 0.5) is 0 Å². The van der Waals surface area contributed by atoms with Crippen molar-refractivity contribution in [3.05, 3.63) is 28.7 Å². The highest BCUT2D eigenvalue weighted by atomic mass is 79.9. The molecule has 1 aromatic carbocycles. The minimum Gasteiger partial charge on any atom is -0.208 e. The number of rotatable bonds is 3. The predicted octanol–water partition coefficient (Wildman–Crippen LogP) is 3.31. The van der Waals surface area contributed by atoms with Gasteiger partial charge in [-0.1, -0.05) is 36.2 Å². The van der Waals surface area contributed by atoms with Crippen LogP contribution in [-0.2, 0) is 10.0 Å². The highest BCUT2D eigenvalue weighted by Gasteiger charge is 2.37. The normalized spacial score (nSPS) is 23.2. The molecule has 0 saturated heterocycles. The molecule has 1 aliphatic carbocycles. The Hall–Kier alpha value is -0.390. The van der Waals surface area contributed by atoms with E-state index in [1.165, 1.54) is 0 Å². The van der Waals surface area contributed by atoms with E-state index >= 15 is 0 Å². The molecule has 0 amide bonds. The van der Waals surface area contributed by atoms with Gasteiger partial charge in [-0.3, -0.25) is 0 Å². The van der Waals surface area contributed by atoms with Crippen LogP contribution in [0.1, 0.15) is 33.1 Å². The molecule has 0 aromatic heterocycles. The fourth-order valence-electron chi connectivity index (χ4n) is 2.41. The van der Waals surface area contributed by atoms with E-state index in [1.807, 2.05) is 0 Å². The molecule has 0 spiro atoms. The molecule has 1 aromatic rings. The van der Waals surface area contributed by atoms with E-state index < -0.39 is 10.0 Å². The van der Waals surface area contributed by atoms with Gasteiger partial charge in [0.05, 0.1) is 4.90 Å². The Balaban J connectivity index is 2.20. The Morgan fingerprint density at radius 1 is 1.28 bits per heavy atom. The molecular formula is C13H18BrNO2S. The van der Waals surface area contributed by atoms with Gasteiger partial charge < -0.3 is 0 Å². The molecule has 3 nitrogen and oxygen atoms in total. The van der Waals surface area contributed by atoms with Crippen molar-refractivity contribution in [3.8, 4) is 0 Å². The first kappa shape index (κ1) is 14.0. The molecule has 100 valence electrons. The SMILES string of the molecule is CC1(C)CCCC1NS(=O)(=O)c1ccc(Br)cc1. The molecule has 1 unspecified atom stereocenters. The van der Waals surface area contributed by atoms with Gasteiger partial charge in [-0.05, 0) is 42.5 Å². The molecule has 0 heterocycles. The first-order valence-electron chi connectivity index (χ1n) is 6.09. The zero-order valence-corrected chi connectivity index (χ0v) is 13.0. The average molecular weight is 332 g/mol. The number of hydrogen-bond donors (Lipinski definition) is 1. The quantitative estimate of drug-likeness (QED) is 0.923. The molecule has 1 atom stereocenters. The topological polar surface area (TPSA) is 46.2 Å². The average Bonchev–Trinajstić information content (AvgIpc) is 2.58. The summed E-state index contributed by atoms with van der Waals surface area (Å²) in [7, 11) is -3.40. The zero-order valence-electron chi connectivity index (χ0n) is 10.6. The van der Waals surface area contributed by atoms with Gasteiger partial charge in [0, 0.05) is 10.5 Å². The van der Waals surface area contributed by atoms with Crippen LogP contribution in [-0.4, -0.2) is 14.5 Å². The minimum atomic E-state index is -3.40. The lowest BCUT2D eigenvalue weighted by atomic mass is 9.88. The van der Waals surface area contributed by atoms with Gasteiger partial charge in [0.1, 0.15) is 0 Å². The van der Waals surface area contributed by atoms with Crippen molar-refractivity contribution >= 4 is 26.0 Å². The standard InChI is InChI=1S/C13H18BrNO2S/c1-13(2)9-3-4-12(13)15-18(16,17)11-7-5-10(14)6-8-11/h5-8,12,15H,3-4,9H2,1-2H3. The number of benzene rings is 1. The van der Waals surface area contributed by atoms with Gasteiger partial charge >= 0.3 is 0 Å². The summed E-state index contributed by atoms with van der Waals surface area (Å²) < 4.78 is 28.2. The Bertz CT molecular complexity index is 522. The van der Waals surface area contributed by atoms with Gasteiger partial charge in [0.15, 0.2) is 0 Å². The van der Waals surface area contributed by atoms with Crippen LogP contribution < -0.4 is 4.72 Å². The lowest BCUT2D eigenvalue weighted by molar-refractivity contribution is 0.313. The number of hydrogen-bond acceptors (Lipinski definition) is 2. The largest absolute Gasteiger partial charge is 0.240 e. The number of halogens is 1. The predicted molar refractivity (Wildman–Crippen MR) is 75.9 cm³/mol. The Labute approximate surface area is 117 Å². The highest BCUT2D eigenvalue weighted by molar-refractivity contribution is 9.10. The summed E-state index contributed by atoms with van der Waals surface area (Å²) in [5.74, 6) is 0. The van der Waals surface area contributed by atoms with E-state index in [4.69, 9.17) is 0 Å². The second kappa shape index (κ2) is 4.94. The first-order valence-corrected chi connectivity index (χ1v) is 8.37. The van der Waals surface area contributed by atoms with Gasteiger partial charge in [-0.25, -0.2) is 13.1 Å². The molecule has 18 heavy (non-hydrogen) atoms. The molecule has 0 bridgehead atoms. The lowest BCUT2D eigenvalue weighted by Gasteiger charge is -2.27. The summed E-state index contributed by atoms with van der Waals surface area (Å²) in [6, 6.07) is 6.76. The zero-order chi connectivity index (χ0) is 13.4. The minimum absolute atomic E-state index is 0.0335. The summed E-state index contributed by atoms with van der Waals surface area (Å²) in [4.78, 5) is 0.327. The van der Waals surface area contributed by atoms with Crippen LogP contribution in [0.3, 0.4) is 0 Å². The van der Waals surface area contributed by atoms with Gasteiger partial charge in [-0.15, -0.1) is 0 Å². The molecule has 0 radical (unpaired) electrons. The van der Waals surface area contributed by atoms with E-state index in [9.17, 15) is 8.42 Å².